The third-order valence-electron chi connectivity index (χ3n) is 3.12. The lowest BCUT2D eigenvalue weighted by atomic mass is 9.88. The predicted octanol–water partition coefficient (Wildman–Crippen LogP) is 2.58. The molecule has 21 heavy (non-hydrogen) atoms. The van der Waals surface area contributed by atoms with Gasteiger partial charge in [0.25, 0.3) is 0 Å². The molecule has 0 fully saturated rings. The highest BCUT2D eigenvalue weighted by Crippen LogP contribution is 2.35. The number of hydrogen-bond donors (Lipinski definition) is 1. The third-order valence-corrected chi connectivity index (χ3v) is 3.12. The Morgan fingerprint density at radius 1 is 1.33 bits per heavy atom. The largest absolute Gasteiger partial charge is 0.384 e. The minimum absolute atomic E-state index is 0.115. The highest BCUT2D eigenvalue weighted by molar-refractivity contribution is 5.60. The zero-order chi connectivity index (χ0) is 15.6. The zero-order valence-electron chi connectivity index (χ0n) is 13.3. The molecular weight excluding hydrogens is 266 g/mol. The van der Waals surface area contributed by atoms with Crippen LogP contribution in [0.3, 0.4) is 0 Å². The highest BCUT2D eigenvalue weighted by atomic mass is 16.5. The molecule has 6 heteroatoms. The van der Waals surface area contributed by atoms with Gasteiger partial charge in [-0.3, -0.25) is 4.68 Å². The number of aryl methyl sites for hydroxylation is 1. The van der Waals surface area contributed by atoms with Crippen molar-refractivity contribution in [1.29, 1.82) is 0 Å². The van der Waals surface area contributed by atoms with Gasteiger partial charge in [0, 0.05) is 31.5 Å². The van der Waals surface area contributed by atoms with E-state index in [0.717, 1.165) is 11.3 Å². The van der Waals surface area contributed by atoms with Crippen molar-refractivity contribution in [1.82, 2.24) is 19.7 Å². The molecule has 0 aliphatic carbocycles. The van der Waals surface area contributed by atoms with Crippen molar-refractivity contribution in [2.45, 2.75) is 33.8 Å². The summed E-state index contributed by atoms with van der Waals surface area (Å²) in [7, 11) is 1.87. The summed E-state index contributed by atoms with van der Waals surface area (Å²) in [6, 6.07) is 1.76. The fraction of sp³-hybridized carbons (Fsp3) is 0.533. The topological polar surface area (TPSA) is 78.9 Å². The van der Waals surface area contributed by atoms with Gasteiger partial charge in [-0.05, 0) is 12.3 Å². The first-order valence-electron chi connectivity index (χ1n) is 7.06. The summed E-state index contributed by atoms with van der Waals surface area (Å²) in [6.45, 7) is 8.87. The zero-order valence-corrected chi connectivity index (χ0v) is 13.3. The van der Waals surface area contributed by atoms with Crippen molar-refractivity contribution in [2.24, 2.45) is 12.5 Å². The predicted molar refractivity (Wildman–Crippen MR) is 82.5 cm³/mol. The van der Waals surface area contributed by atoms with E-state index in [4.69, 9.17) is 10.5 Å². The molecule has 0 aliphatic heterocycles. The van der Waals surface area contributed by atoms with Crippen LogP contribution in [0.5, 0.6) is 0 Å². The first kappa shape index (κ1) is 15.4. The van der Waals surface area contributed by atoms with Gasteiger partial charge in [-0.15, -0.1) is 0 Å². The summed E-state index contributed by atoms with van der Waals surface area (Å²) in [5.41, 5.74) is 7.51. The Kier molecular flexibility index (Phi) is 4.27. The molecule has 1 unspecified atom stereocenters. The maximum atomic E-state index is 5.95. The molecule has 6 nitrogen and oxygen atoms in total. The first-order chi connectivity index (χ1) is 9.81. The van der Waals surface area contributed by atoms with Crippen LogP contribution in [0.2, 0.25) is 0 Å². The van der Waals surface area contributed by atoms with Gasteiger partial charge in [0.15, 0.2) is 5.82 Å². The Balaban J connectivity index is 2.47. The van der Waals surface area contributed by atoms with Crippen LogP contribution < -0.4 is 5.73 Å². The van der Waals surface area contributed by atoms with Crippen LogP contribution >= 0.6 is 0 Å². The van der Waals surface area contributed by atoms with Gasteiger partial charge in [-0.25, -0.2) is 9.97 Å². The standard InChI is InChI=1S/C15H23N5O/c1-6-21-13(15(2,3)4)14-18-11(7-12(16)19-14)10-8-17-20(5)9-10/h7-9,13H,6H2,1-5H3,(H2,16,18,19). The molecule has 0 amide bonds. The molecular formula is C15H23N5O. The molecule has 0 aliphatic rings. The summed E-state index contributed by atoms with van der Waals surface area (Å²) in [6.07, 6.45) is 3.46. The van der Waals surface area contributed by atoms with E-state index in [1.165, 1.54) is 0 Å². The van der Waals surface area contributed by atoms with Crippen molar-refractivity contribution < 1.29 is 4.74 Å². The number of anilines is 1. The summed E-state index contributed by atoms with van der Waals surface area (Å²) >= 11 is 0. The van der Waals surface area contributed by atoms with E-state index in [-0.39, 0.29) is 11.5 Å². The van der Waals surface area contributed by atoms with Crippen LogP contribution in [0.25, 0.3) is 11.3 Å². The average Bonchev–Trinajstić information content (AvgIpc) is 2.80. The molecule has 0 saturated heterocycles. The summed E-state index contributed by atoms with van der Waals surface area (Å²) < 4.78 is 7.58. The monoisotopic (exact) mass is 289 g/mol. The van der Waals surface area contributed by atoms with Gasteiger partial charge in [-0.1, -0.05) is 20.8 Å². The quantitative estimate of drug-likeness (QED) is 0.936. The van der Waals surface area contributed by atoms with E-state index >= 15 is 0 Å². The maximum Gasteiger partial charge on any atom is 0.160 e. The second kappa shape index (κ2) is 5.81. The molecule has 0 spiro atoms. The Labute approximate surface area is 125 Å². The number of hydrogen-bond acceptors (Lipinski definition) is 5. The minimum atomic E-state index is -0.207. The summed E-state index contributed by atoms with van der Waals surface area (Å²) in [5.74, 6) is 1.05. The van der Waals surface area contributed by atoms with Gasteiger partial charge in [0.05, 0.1) is 11.9 Å². The number of ether oxygens (including phenoxy) is 1. The molecule has 1 atom stereocenters. The lowest BCUT2D eigenvalue weighted by Crippen LogP contribution is -2.24. The second-order valence-corrected chi connectivity index (χ2v) is 6.14. The van der Waals surface area contributed by atoms with Crippen molar-refractivity contribution in [2.75, 3.05) is 12.3 Å². The molecule has 0 radical (unpaired) electrons. The average molecular weight is 289 g/mol. The number of aromatic nitrogens is 4. The number of nitrogen functional groups attached to an aromatic ring is 1. The molecule has 2 heterocycles. The van der Waals surface area contributed by atoms with Crippen molar-refractivity contribution >= 4 is 5.82 Å². The normalized spacial score (nSPS) is 13.4. The van der Waals surface area contributed by atoms with E-state index in [1.54, 1.807) is 16.9 Å². The fourth-order valence-corrected chi connectivity index (χ4v) is 2.18. The molecule has 2 N–H and O–H groups in total. The van der Waals surface area contributed by atoms with E-state index in [0.29, 0.717) is 18.2 Å². The Bertz CT molecular complexity index is 615. The Morgan fingerprint density at radius 3 is 2.57 bits per heavy atom. The lowest BCUT2D eigenvalue weighted by Gasteiger charge is -2.29. The maximum absolute atomic E-state index is 5.95. The second-order valence-electron chi connectivity index (χ2n) is 6.14. The van der Waals surface area contributed by atoms with Crippen LogP contribution in [0.4, 0.5) is 5.82 Å². The molecule has 0 bridgehead atoms. The molecule has 2 aromatic heterocycles. The third kappa shape index (κ3) is 3.58. The van der Waals surface area contributed by atoms with Crippen molar-refractivity contribution in [3.8, 4) is 11.3 Å². The number of nitrogens with zero attached hydrogens (tertiary/aromatic N) is 4. The van der Waals surface area contributed by atoms with Gasteiger partial charge >= 0.3 is 0 Å². The summed E-state index contributed by atoms with van der Waals surface area (Å²) in [4.78, 5) is 9.00. The molecule has 0 aromatic carbocycles. The SMILES string of the molecule is CCOC(c1nc(N)cc(-c2cnn(C)c2)n1)C(C)(C)C. The van der Waals surface area contributed by atoms with Gasteiger partial charge < -0.3 is 10.5 Å². The smallest absolute Gasteiger partial charge is 0.160 e. The van der Waals surface area contributed by atoms with E-state index in [2.05, 4.69) is 35.8 Å². The van der Waals surface area contributed by atoms with Gasteiger partial charge in [0.1, 0.15) is 11.9 Å². The highest BCUT2D eigenvalue weighted by Gasteiger charge is 2.30. The number of nitrogens with two attached hydrogens (primary N) is 1. The first-order valence-corrected chi connectivity index (χ1v) is 7.06. The Hall–Kier alpha value is -1.95. The lowest BCUT2D eigenvalue weighted by molar-refractivity contribution is -0.0189. The van der Waals surface area contributed by atoms with E-state index in [9.17, 15) is 0 Å². The fourth-order valence-electron chi connectivity index (χ4n) is 2.18. The Morgan fingerprint density at radius 2 is 2.05 bits per heavy atom. The number of rotatable bonds is 4. The minimum Gasteiger partial charge on any atom is -0.384 e. The van der Waals surface area contributed by atoms with Gasteiger partial charge in [0.2, 0.25) is 0 Å². The van der Waals surface area contributed by atoms with E-state index in [1.807, 2.05) is 20.2 Å². The van der Waals surface area contributed by atoms with E-state index < -0.39 is 0 Å². The van der Waals surface area contributed by atoms with Crippen LogP contribution in [0.15, 0.2) is 18.5 Å². The van der Waals surface area contributed by atoms with Crippen LogP contribution in [0, 0.1) is 5.41 Å². The summed E-state index contributed by atoms with van der Waals surface area (Å²) in [5, 5.41) is 4.17. The molecule has 2 rings (SSSR count). The van der Waals surface area contributed by atoms with Crippen molar-refractivity contribution in [3.63, 3.8) is 0 Å². The van der Waals surface area contributed by atoms with Gasteiger partial charge in [-0.2, -0.15) is 5.10 Å². The van der Waals surface area contributed by atoms with Crippen LogP contribution in [0.1, 0.15) is 39.6 Å². The molecule has 0 saturated carbocycles. The molecule has 2 aromatic rings. The van der Waals surface area contributed by atoms with Crippen LogP contribution in [-0.2, 0) is 11.8 Å². The van der Waals surface area contributed by atoms with Crippen LogP contribution in [-0.4, -0.2) is 26.4 Å². The molecule has 114 valence electrons. The van der Waals surface area contributed by atoms with Crippen molar-refractivity contribution in [3.05, 3.63) is 24.3 Å².